The summed E-state index contributed by atoms with van der Waals surface area (Å²) in [5.41, 5.74) is 5.44. The summed E-state index contributed by atoms with van der Waals surface area (Å²) < 4.78 is 0. The monoisotopic (exact) mass is 186 g/mol. The van der Waals surface area contributed by atoms with E-state index in [1.807, 2.05) is 0 Å². The van der Waals surface area contributed by atoms with Crippen molar-refractivity contribution in [3.05, 3.63) is 29.5 Å². The number of fused-ring (bicyclic) bond motifs is 3. The van der Waals surface area contributed by atoms with Gasteiger partial charge in [-0.25, -0.2) is 0 Å². The largest absolute Gasteiger partial charge is 0.374 e. The standard InChI is InChI=1S/C12H14N2/c1-8-7-10-9-5-6-14(2)12(9)4-3-11(10)13-8/h3-4,7,13H,5-6H2,1-2H3. The second kappa shape index (κ2) is 2.53. The summed E-state index contributed by atoms with van der Waals surface area (Å²) >= 11 is 0. The fourth-order valence-electron chi connectivity index (χ4n) is 2.41. The lowest BCUT2D eigenvalue weighted by atomic mass is 10.1. The lowest BCUT2D eigenvalue weighted by Crippen LogP contribution is -2.12. The van der Waals surface area contributed by atoms with Crippen LogP contribution in [0, 0.1) is 6.92 Å². The van der Waals surface area contributed by atoms with Crippen LogP contribution < -0.4 is 4.90 Å². The Hall–Kier alpha value is -1.44. The highest BCUT2D eigenvalue weighted by Gasteiger charge is 2.18. The number of likely N-dealkylation sites (N-methyl/N-ethyl adjacent to an activating group) is 1. The van der Waals surface area contributed by atoms with Crippen molar-refractivity contribution in [3.63, 3.8) is 0 Å². The van der Waals surface area contributed by atoms with Crippen LogP contribution in [0.2, 0.25) is 0 Å². The number of anilines is 1. The van der Waals surface area contributed by atoms with E-state index in [0.717, 1.165) is 6.54 Å². The molecule has 0 unspecified atom stereocenters. The molecule has 3 rings (SSSR count). The van der Waals surface area contributed by atoms with Crippen molar-refractivity contribution in [1.29, 1.82) is 0 Å². The van der Waals surface area contributed by atoms with Gasteiger partial charge in [0.15, 0.2) is 0 Å². The summed E-state index contributed by atoms with van der Waals surface area (Å²) in [5, 5.41) is 1.41. The number of nitrogens with one attached hydrogen (secondary N) is 1. The Balaban J connectivity index is 2.37. The average Bonchev–Trinajstić information content (AvgIpc) is 2.68. The first-order valence-corrected chi connectivity index (χ1v) is 5.08. The molecule has 1 aliphatic rings. The highest BCUT2D eigenvalue weighted by atomic mass is 15.1. The average molecular weight is 186 g/mol. The van der Waals surface area contributed by atoms with Crippen LogP contribution in [0.4, 0.5) is 5.69 Å². The van der Waals surface area contributed by atoms with Gasteiger partial charge in [-0.1, -0.05) is 0 Å². The van der Waals surface area contributed by atoms with Crippen molar-refractivity contribution in [2.45, 2.75) is 13.3 Å². The molecule has 2 aromatic rings. The molecule has 2 heterocycles. The third kappa shape index (κ3) is 0.910. The van der Waals surface area contributed by atoms with E-state index in [-0.39, 0.29) is 0 Å². The molecule has 72 valence electrons. The molecule has 2 heteroatoms. The Morgan fingerprint density at radius 1 is 1.36 bits per heavy atom. The molecule has 2 nitrogen and oxygen atoms in total. The first-order valence-electron chi connectivity index (χ1n) is 5.08. The zero-order valence-electron chi connectivity index (χ0n) is 8.59. The molecule has 0 saturated heterocycles. The predicted molar refractivity (Wildman–Crippen MR) is 60.0 cm³/mol. The van der Waals surface area contributed by atoms with Gasteiger partial charge in [-0.2, -0.15) is 0 Å². The second-order valence-corrected chi connectivity index (χ2v) is 4.15. The molecule has 0 aliphatic carbocycles. The number of rotatable bonds is 0. The Morgan fingerprint density at radius 2 is 2.21 bits per heavy atom. The number of aromatic nitrogens is 1. The molecular formula is C12H14N2. The van der Waals surface area contributed by atoms with Crippen LogP contribution in [0.1, 0.15) is 11.3 Å². The summed E-state index contributed by atoms with van der Waals surface area (Å²) in [6, 6.07) is 6.66. The summed E-state index contributed by atoms with van der Waals surface area (Å²) in [7, 11) is 2.16. The van der Waals surface area contributed by atoms with Gasteiger partial charge in [-0.3, -0.25) is 0 Å². The minimum absolute atomic E-state index is 1.15. The van der Waals surface area contributed by atoms with E-state index in [4.69, 9.17) is 0 Å². The number of aryl methyl sites for hydroxylation is 1. The summed E-state index contributed by atoms with van der Waals surface area (Å²) in [6.45, 7) is 3.27. The van der Waals surface area contributed by atoms with Gasteiger partial charge in [-0.15, -0.1) is 0 Å². The Kier molecular flexibility index (Phi) is 1.43. The molecule has 1 aromatic heterocycles. The van der Waals surface area contributed by atoms with Crippen molar-refractivity contribution in [1.82, 2.24) is 4.98 Å². The third-order valence-electron chi connectivity index (χ3n) is 3.13. The van der Waals surface area contributed by atoms with E-state index in [1.165, 1.54) is 34.3 Å². The Labute approximate surface area is 83.5 Å². The quantitative estimate of drug-likeness (QED) is 0.669. The topological polar surface area (TPSA) is 19.0 Å². The summed E-state index contributed by atoms with van der Waals surface area (Å²) in [5.74, 6) is 0. The zero-order valence-corrected chi connectivity index (χ0v) is 8.59. The van der Waals surface area contributed by atoms with Crippen LogP contribution in [0.3, 0.4) is 0 Å². The maximum atomic E-state index is 3.38. The third-order valence-corrected chi connectivity index (χ3v) is 3.13. The molecule has 1 N–H and O–H groups in total. The van der Waals surface area contributed by atoms with Gasteiger partial charge in [0.1, 0.15) is 0 Å². The summed E-state index contributed by atoms with van der Waals surface area (Å²) in [4.78, 5) is 5.71. The number of hydrogen-bond donors (Lipinski definition) is 1. The van der Waals surface area contributed by atoms with Crippen molar-refractivity contribution in [3.8, 4) is 0 Å². The molecule has 1 aliphatic heterocycles. The van der Waals surface area contributed by atoms with Crippen molar-refractivity contribution < 1.29 is 0 Å². The molecule has 0 bridgehead atoms. The molecule has 0 spiro atoms. The van der Waals surface area contributed by atoms with Crippen LogP contribution in [0.15, 0.2) is 18.2 Å². The smallest absolute Gasteiger partial charge is 0.0460 e. The van der Waals surface area contributed by atoms with Crippen molar-refractivity contribution in [2.75, 3.05) is 18.5 Å². The Bertz CT molecular complexity index is 496. The molecule has 0 atom stereocenters. The van der Waals surface area contributed by atoms with Crippen molar-refractivity contribution in [2.24, 2.45) is 0 Å². The van der Waals surface area contributed by atoms with Crippen LogP contribution in [0.5, 0.6) is 0 Å². The molecular weight excluding hydrogens is 172 g/mol. The van der Waals surface area contributed by atoms with E-state index < -0.39 is 0 Å². The molecule has 0 fully saturated rings. The van der Waals surface area contributed by atoms with Crippen molar-refractivity contribution >= 4 is 16.6 Å². The number of aromatic amines is 1. The van der Waals surface area contributed by atoms with Crippen LogP contribution >= 0.6 is 0 Å². The molecule has 0 amide bonds. The normalized spacial score (nSPS) is 15.1. The van der Waals surface area contributed by atoms with E-state index in [9.17, 15) is 0 Å². The fraction of sp³-hybridized carbons (Fsp3) is 0.333. The van der Waals surface area contributed by atoms with Gasteiger partial charge in [0.25, 0.3) is 0 Å². The molecule has 14 heavy (non-hydrogen) atoms. The van der Waals surface area contributed by atoms with Gasteiger partial charge in [0, 0.05) is 35.9 Å². The number of benzene rings is 1. The van der Waals surface area contributed by atoms with Crippen LogP contribution in [-0.2, 0) is 6.42 Å². The number of nitrogens with zero attached hydrogens (tertiary/aromatic N) is 1. The first-order chi connectivity index (χ1) is 6.75. The maximum absolute atomic E-state index is 3.38. The molecule has 0 radical (unpaired) electrons. The highest BCUT2D eigenvalue weighted by Crippen LogP contribution is 2.33. The minimum Gasteiger partial charge on any atom is -0.374 e. The minimum atomic E-state index is 1.15. The lowest BCUT2D eigenvalue weighted by molar-refractivity contribution is 0.958. The Morgan fingerprint density at radius 3 is 3.07 bits per heavy atom. The van der Waals surface area contributed by atoms with Gasteiger partial charge in [0.2, 0.25) is 0 Å². The fourth-order valence-corrected chi connectivity index (χ4v) is 2.41. The maximum Gasteiger partial charge on any atom is 0.0460 e. The number of H-pyrrole nitrogens is 1. The lowest BCUT2D eigenvalue weighted by Gasteiger charge is -2.11. The predicted octanol–water partition coefficient (Wildman–Crippen LogP) is 2.47. The van der Waals surface area contributed by atoms with Gasteiger partial charge in [0.05, 0.1) is 0 Å². The highest BCUT2D eigenvalue weighted by molar-refractivity contribution is 5.90. The van der Waals surface area contributed by atoms with Gasteiger partial charge in [-0.05, 0) is 37.1 Å². The SMILES string of the molecule is Cc1cc2c3c(ccc2[nH]1)N(C)CC3. The second-order valence-electron chi connectivity index (χ2n) is 4.15. The van der Waals surface area contributed by atoms with Crippen LogP contribution in [-0.4, -0.2) is 18.6 Å². The van der Waals surface area contributed by atoms with E-state index in [0.29, 0.717) is 0 Å². The van der Waals surface area contributed by atoms with E-state index in [2.05, 4.69) is 42.1 Å². The molecule has 1 aromatic carbocycles. The van der Waals surface area contributed by atoms with E-state index in [1.54, 1.807) is 0 Å². The van der Waals surface area contributed by atoms with Gasteiger partial charge < -0.3 is 9.88 Å². The number of hydrogen-bond acceptors (Lipinski definition) is 1. The van der Waals surface area contributed by atoms with E-state index >= 15 is 0 Å². The molecule has 0 saturated carbocycles. The van der Waals surface area contributed by atoms with Gasteiger partial charge >= 0.3 is 0 Å². The first kappa shape index (κ1) is 7.92. The zero-order chi connectivity index (χ0) is 9.71. The summed E-state index contributed by atoms with van der Waals surface area (Å²) in [6.07, 6.45) is 1.18. The van der Waals surface area contributed by atoms with Crippen LogP contribution in [0.25, 0.3) is 10.9 Å².